The molecule has 2 aromatic heterocycles. The lowest BCUT2D eigenvalue weighted by molar-refractivity contribution is 0.0941. The van der Waals surface area contributed by atoms with E-state index in [4.69, 9.17) is 16.1 Å². The molecule has 5 nitrogen and oxygen atoms in total. The maximum atomic E-state index is 12.5. The number of carbonyl (C=O) groups excluding carboxylic acids is 1. The molecule has 23 heavy (non-hydrogen) atoms. The number of carbonyl (C=O) groups is 1. The molecule has 0 saturated carbocycles. The van der Waals surface area contributed by atoms with Crippen molar-refractivity contribution >= 4 is 17.5 Å². The maximum absolute atomic E-state index is 12.5. The molecule has 0 radical (unpaired) electrons. The number of halogens is 1. The number of hydrogen-bond donors (Lipinski definition) is 1. The second kappa shape index (κ2) is 6.62. The number of aromatic nitrogens is 2. The van der Waals surface area contributed by atoms with Crippen LogP contribution in [-0.4, -0.2) is 16.0 Å². The van der Waals surface area contributed by atoms with Crippen LogP contribution in [0.1, 0.15) is 33.3 Å². The largest absolute Gasteiger partial charge is 0.361 e. The fourth-order valence-electron chi connectivity index (χ4n) is 2.29. The molecule has 6 heteroatoms. The highest BCUT2D eigenvalue weighted by atomic mass is 35.5. The maximum Gasteiger partial charge on any atom is 0.257 e. The summed E-state index contributed by atoms with van der Waals surface area (Å²) >= 11 is 5.95. The first-order chi connectivity index (χ1) is 11.1. The minimum atomic E-state index is -0.345. The van der Waals surface area contributed by atoms with Gasteiger partial charge in [0.2, 0.25) is 0 Å². The van der Waals surface area contributed by atoms with Crippen molar-refractivity contribution in [1.29, 1.82) is 0 Å². The van der Waals surface area contributed by atoms with Crippen LogP contribution in [0.4, 0.5) is 0 Å². The standard InChI is InChI=1S/C17H14ClN3O2/c1-11-15(10-20-23-11)17(22)21-16(13-3-2-8-19-9-13)12-4-6-14(18)7-5-12/h2-10,16H,1H3,(H,21,22)/t16-/m1/s1. The molecule has 0 unspecified atom stereocenters. The van der Waals surface area contributed by atoms with Crippen LogP contribution in [0.2, 0.25) is 5.02 Å². The van der Waals surface area contributed by atoms with Crippen molar-refractivity contribution in [2.24, 2.45) is 0 Å². The molecular weight excluding hydrogens is 314 g/mol. The summed E-state index contributed by atoms with van der Waals surface area (Å²) in [5, 5.41) is 7.27. The van der Waals surface area contributed by atoms with E-state index in [1.807, 2.05) is 24.3 Å². The second-order valence-corrected chi connectivity index (χ2v) is 5.48. The molecule has 3 rings (SSSR count). The summed E-state index contributed by atoms with van der Waals surface area (Å²) < 4.78 is 4.95. The Labute approximate surface area is 138 Å². The molecule has 116 valence electrons. The van der Waals surface area contributed by atoms with Crippen molar-refractivity contribution in [2.75, 3.05) is 0 Å². The van der Waals surface area contributed by atoms with Crippen molar-refractivity contribution in [3.05, 3.63) is 82.5 Å². The van der Waals surface area contributed by atoms with Crippen molar-refractivity contribution < 1.29 is 9.32 Å². The van der Waals surface area contributed by atoms with E-state index in [1.165, 1.54) is 6.20 Å². The van der Waals surface area contributed by atoms with Crippen LogP contribution in [0.15, 0.2) is 59.5 Å². The van der Waals surface area contributed by atoms with E-state index >= 15 is 0 Å². The summed E-state index contributed by atoms with van der Waals surface area (Å²) in [6, 6.07) is 10.7. The average Bonchev–Trinajstić information content (AvgIpc) is 3.00. The van der Waals surface area contributed by atoms with Crippen molar-refractivity contribution in [3.63, 3.8) is 0 Å². The predicted molar refractivity (Wildman–Crippen MR) is 86.2 cm³/mol. The molecule has 1 amide bonds. The predicted octanol–water partition coefficient (Wildman–Crippen LogP) is 3.55. The first-order valence-electron chi connectivity index (χ1n) is 7.02. The number of benzene rings is 1. The first kappa shape index (κ1) is 15.2. The van der Waals surface area contributed by atoms with Crippen LogP contribution < -0.4 is 5.32 Å². The van der Waals surface area contributed by atoms with Gasteiger partial charge < -0.3 is 9.84 Å². The summed E-state index contributed by atoms with van der Waals surface area (Å²) in [4.78, 5) is 16.6. The van der Waals surface area contributed by atoms with Gasteiger partial charge in [-0.1, -0.05) is 35.0 Å². The third kappa shape index (κ3) is 3.40. The van der Waals surface area contributed by atoms with Gasteiger partial charge in [0.05, 0.1) is 12.2 Å². The monoisotopic (exact) mass is 327 g/mol. The number of nitrogens with zero attached hydrogens (tertiary/aromatic N) is 2. The van der Waals surface area contributed by atoms with Crippen LogP contribution in [-0.2, 0) is 0 Å². The van der Waals surface area contributed by atoms with Crippen LogP contribution in [0, 0.1) is 6.92 Å². The summed E-state index contributed by atoms with van der Waals surface area (Å²) in [7, 11) is 0. The number of hydrogen-bond acceptors (Lipinski definition) is 4. The molecule has 0 aliphatic rings. The van der Waals surface area contributed by atoms with Gasteiger partial charge in [0, 0.05) is 17.4 Å². The van der Waals surface area contributed by atoms with Gasteiger partial charge in [-0.25, -0.2) is 0 Å². The van der Waals surface area contributed by atoms with Gasteiger partial charge in [-0.3, -0.25) is 9.78 Å². The van der Waals surface area contributed by atoms with Crippen LogP contribution >= 0.6 is 11.6 Å². The third-order valence-corrected chi connectivity index (χ3v) is 3.74. The molecule has 0 fully saturated rings. The molecule has 0 aliphatic heterocycles. The normalized spacial score (nSPS) is 11.9. The fraction of sp³-hybridized carbons (Fsp3) is 0.118. The van der Waals surface area contributed by atoms with E-state index in [-0.39, 0.29) is 11.9 Å². The number of amides is 1. The Morgan fingerprint density at radius 3 is 2.57 bits per heavy atom. The van der Waals surface area contributed by atoms with Gasteiger partial charge in [-0.05, 0) is 36.2 Å². The van der Waals surface area contributed by atoms with Gasteiger partial charge >= 0.3 is 0 Å². The lowest BCUT2D eigenvalue weighted by Gasteiger charge is -2.19. The van der Waals surface area contributed by atoms with E-state index in [2.05, 4.69) is 15.5 Å². The Hall–Kier alpha value is -2.66. The lowest BCUT2D eigenvalue weighted by atomic mass is 10.00. The van der Waals surface area contributed by atoms with Crippen molar-refractivity contribution in [3.8, 4) is 0 Å². The zero-order chi connectivity index (χ0) is 16.2. The minimum absolute atomic E-state index is 0.257. The molecule has 1 atom stereocenters. The fourth-order valence-corrected chi connectivity index (χ4v) is 2.41. The highest BCUT2D eigenvalue weighted by molar-refractivity contribution is 6.30. The van der Waals surface area contributed by atoms with Gasteiger partial charge in [-0.2, -0.15) is 0 Å². The van der Waals surface area contributed by atoms with Crippen LogP contribution in [0.3, 0.4) is 0 Å². The van der Waals surface area contributed by atoms with Gasteiger partial charge in [-0.15, -0.1) is 0 Å². The number of aryl methyl sites for hydroxylation is 1. The van der Waals surface area contributed by atoms with E-state index < -0.39 is 0 Å². The third-order valence-electron chi connectivity index (χ3n) is 3.49. The van der Waals surface area contributed by atoms with Gasteiger partial charge in [0.25, 0.3) is 5.91 Å². The van der Waals surface area contributed by atoms with Crippen molar-refractivity contribution in [1.82, 2.24) is 15.5 Å². The van der Waals surface area contributed by atoms with E-state index in [0.717, 1.165) is 11.1 Å². The Morgan fingerprint density at radius 1 is 1.17 bits per heavy atom. The summed E-state index contributed by atoms with van der Waals surface area (Å²) in [6.45, 7) is 1.70. The summed E-state index contributed by atoms with van der Waals surface area (Å²) in [5.41, 5.74) is 2.19. The summed E-state index contributed by atoms with van der Waals surface area (Å²) in [5.74, 6) is 0.219. The average molecular weight is 328 g/mol. The van der Waals surface area contributed by atoms with Crippen LogP contribution in [0.25, 0.3) is 0 Å². The molecule has 1 N–H and O–H groups in total. The first-order valence-corrected chi connectivity index (χ1v) is 7.40. The molecule has 0 spiro atoms. The van der Waals surface area contributed by atoms with E-state index in [0.29, 0.717) is 16.3 Å². The van der Waals surface area contributed by atoms with Gasteiger partial charge in [0.15, 0.2) is 0 Å². The van der Waals surface area contributed by atoms with Crippen molar-refractivity contribution in [2.45, 2.75) is 13.0 Å². The van der Waals surface area contributed by atoms with Crippen LogP contribution in [0.5, 0.6) is 0 Å². The zero-order valence-corrected chi connectivity index (χ0v) is 13.1. The Kier molecular flexibility index (Phi) is 4.39. The minimum Gasteiger partial charge on any atom is -0.361 e. The molecule has 0 aliphatic carbocycles. The Bertz CT molecular complexity index is 800. The topological polar surface area (TPSA) is 68.0 Å². The highest BCUT2D eigenvalue weighted by Gasteiger charge is 2.20. The highest BCUT2D eigenvalue weighted by Crippen LogP contribution is 2.23. The Morgan fingerprint density at radius 2 is 1.96 bits per heavy atom. The smallest absolute Gasteiger partial charge is 0.257 e. The molecule has 0 saturated heterocycles. The molecular formula is C17H14ClN3O2. The van der Waals surface area contributed by atoms with E-state index in [1.54, 1.807) is 31.5 Å². The van der Waals surface area contributed by atoms with Gasteiger partial charge in [0.1, 0.15) is 11.3 Å². The van der Waals surface area contributed by atoms with E-state index in [9.17, 15) is 4.79 Å². The molecule has 3 aromatic rings. The number of rotatable bonds is 4. The Balaban J connectivity index is 1.94. The SMILES string of the molecule is Cc1oncc1C(=O)N[C@H](c1ccc(Cl)cc1)c1cccnc1. The number of pyridine rings is 1. The quantitative estimate of drug-likeness (QED) is 0.795. The molecule has 0 bridgehead atoms. The molecule has 2 heterocycles. The lowest BCUT2D eigenvalue weighted by Crippen LogP contribution is -2.29. The summed E-state index contributed by atoms with van der Waals surface area (Å²) in [6.07, 6.45) is 4.82. The number of nitrogens with one attached hydrogen (secondary N) is 1. The second-order valence-electron chi connectivity index (χ2n) is 5.04. The molecule has 1 aromatic carbocycles. The zero-order valence-electron chi connectivity index (χ0n) is 12.4.